The number of rotatable bonds is 5. The van der Waals surface area contributed by atoms with Crippen molar-refractivity contribution in [2.75, 3.05) is 11.9 Å². The Labute approximate surface area is 110 Å². The molecule has 0 radical (unpaired) electrons. The number of aryl methyl sites for hydroxylation is 1. The highest BCUT2D eigenvalue weighted by atomic mass is 16.5. The number of nitrogens with one attached hydrogen (secondary N) is 2. The predicted molar refractivity (Wildman–Crippen MR) is 68.6 cm³/mol. The Morgan fingerprint density at radius 3 is 2.79 bits per heavy atom. The minimum absolute atomic E-state index is 0.266. The summed E-state index contributed by atoms with van der Waals surface area (Å²) in [4.78, 5) is 11.8. The van der Waals surface area contributed by atoms with Gasteiger partial charge in [0.25, 0.3) is 5.91 Å². The van der Waals surface area contributed by atoms with Crippen LogP contribution in [0.2, 0.25) is 0 Å². The van der Waals surface area contributed by atoms with E-state index in [0.29, 0.717) is 23.8 Å². The minimum Gasteiger partial charge on any atom is -0.369 e. The quantitative estimate of drug-likeness (QED) is 0.838. The highest BCUT2D eigenvalue weighted by molar-refractivity contribution is 5.92. The second-order valence-corrected chi connectivity index (χ2v) is 3.95. The van der Waals surface area contributed by atoms with Crippen molar-refractivity contribution in [2.45, 2.75) is 20.4 Å². The van der Waals surface area contributed by atoms with Crippen LogP contribution in [0.5, 0.6) is 0 Å². The Balaban J connectivity index is 1.92. The molecule has 0 saturated carbocycles. The summed E-state index contributed by atoms with van der Waals surface area (Å²) < 4.78 is 4.91. The summed E-state index contributed by atoms with van der Waals surface area (Å²) >= 11 is 0. The lowest BCUT2D eigenvalue weighted by Gasteiger charge is -2.03. The van der Waals surface area contributed by atoms with Gasteiger partial charge in [0.1, 0.15) is 17.3 Å². The number of amides is 1. The van der Waals surface area contributed by atoms with Crippen molar-refractivity contribution in [3.8, 4) is 0 Å². The molecule has 1 amide bonds. The third kappa shape index (κ3) is 3.51. The van der Waals surface area contributed by atoms with Crippen LogP contribution >= 0.6 is 0 Å². The smallest absolute Gasteiger partial charge is 0.272 e. The number of hydrogen-bond acceptors (Lipinski definition) is 6. The molecule has 2 aromatic heterocycles. The van der Waals surface area contributed by atoms with Gasteiger partial charge in [0, 0.05) is 12.6 Å². The molecule has 0 aliphatic rings. The van der Waals surface area contributed by atoms with Crippen LogP contribution in [0, 0.1) is 6.92 Å². The molecule has 100 valence electrons. The Hall–Kier alpha value is -2.44. The number of aromatic nitrogens is 3. The summed E-state index contributed by atoms with van der Waals surface area (Å²) in [6.07, 6.45) is 0. The number of carbonyl (C=O) groups excluding carboxylic acids is 1. The third-order valence-corrected chi connectivity index (χ3v) is 2.36. The van der Waals surface area contributed by atoms with Gasteiger partial charge in [-0.3, -0.25) is 4.79 Å². The molecule has 0 atom stereocenters. The van der Waals surface area contributed by atoms with Gasteiger partial charge in [0.2, 0.25) is 0 Å². The second-order valence-electron chi connectivity index (χ2n) is 3.95. The van der Waals surface area contributed by atoms with E-state index < -0.39 is 0 Å². The zero-order valence-electron chi connectivity index (χ0n) is 10.8. The van der Waals surface area contributed by atoms with E-state index in [4.69, 9.17) is 4.52 Å². The molecule has 0 fully saturated rings. The number of hydrogen-bond donors (Lipinski definition) is 2. The fraction of sp³-hybridized carbons (Fsp3) is 0.333. The molecule has 0 saturated heterocycles. The molecule has 7 nitrogen and oxygen atoms in total. The minimum atomic E-state index is -0.295. The molecule has 7 heteroatoms. The van der Waals surface area contributed by atoms with Crippen molar-refractivity contribution >= 4 is 11.7 Å². The van der Waals surface area contributed by atoms with Crippen LogP contribution < -0.4 is 10.6 Å². The van der Waals surface area contributed by atoms with E-state index in [-0.39, 0.29) is 11.6 Å². The summed E-state index contributed by atoms with van der Waals surface area (Å²) in [5.41, 5.74) is 0.935. The van der Waals surface area contributed by atoms with Gasteiger partial charge in [0.05, 0.1) is 6.54 Å². The molecule has 2 heterocycles. The zero-order chi connectivity index (χ0) is 13.7. The maximum Gasteiger partial charge on any atom is 0.272 e. The molecule has 0 bridgehead atoms. The highest BCUT2D eigenvalue weighted by Gasteiger charge is 2.09. The molecule has 19 heavy (non-hydrogen) atoms. The Bertz CT molecular complexity index is 550. The van der Waals surface area contributed by atoms with Crippen LogP contribution in [0.15, 0.2) is 22.7 Å². The lowest BCUT2D eigenvalue weighted by atomic mass is 10.3. The van der Waals surface area contributed by atoms with Gasteiger partial charge in [-0.15, -0.1) is 10.2 Å². The Morgan fingerprint density at radius 1 is 1.37 bits per heavy atom. The fourth-order valence-corrected chi connectivity index (χ4v) is 1.49. The molecule has 0 aliphatic heterocycles. The van der Waals surface area contributed by atoms with E-state index in [2.05, 4.69) is 26.0 Å². The van der Waals surface area contributed by atoms with Crippen molar-refractivity contribution in [3.05, 3.63) is 35.3 Å². The normalized spacial score (nSPS) is 10.2. The molecule has 0 aromatic carbocycles. The second kappa shape index (κ2) is 5.94. The third-order valence-electron chi connectivity index (χ3n) is 2.36. The van der Waals surface area contributed by atoms with Gasteiger partial charge in [-0.1, -0.05) is 5.16 Å². The van der Waals surface area contributed by atoms with Gasteiger partial charge >= 0.3 is 0 Å². The maximum absolute atomic E-state index is 11.8. The van der Waals surface area contributed by atoms with Crippen LogP contribution in [0.1, 0.15) is 28.9 Å². The average Bonchev–Trinajstić information content (AvgIpc) is 2.83. The van der Waals surface area contributed by atoms with Crippen molar-refractivity contribution in [2.24, 2.45) is 0 Å². The van der Waals surface area contributed by atoms with Crippen LogP contribution in [0.4, 0.5) is 5.82 Å². The predicted octanol–water partition coefficient (Wildman–Crippen LogP) is 1.13. The average molecular weight is 261 g/mol. The standard InChI is InChI=1S/C12H15N5O2/c1-3-13-11-5-4-10(15-16-11)12(18)14-7-9-6-8(2)19-17-9/h4-6H,3,7H2,1-2H3,(H,13,16)(H,14,18). The van der Waals surface area contributed by atoms with Crippen molar-refractivity contribution in [3.63, 3.8) is 0 Å². The van der Waals surface area contributed by atoms with Crippen LogP contribution in [-0.2, 0) is 6.54 Å². The zero-order valence-corrected chi connectivity index (χ0v) is 10.8. The van der Waals surface area contributed by atoms with Crippen LogP contribution in [0.25, 0.3) is 0 Å². The summed E-state index contributed by atoms with van der Waals surface area (Å²) in [7, 11) is 0. The van der Waals surface area contributed by atoms with E-state index in [9.17, 15) is 4.79 Å². The molecular weight excluding hydrogens is 246 g/mol. The van der Waals surface area contributed by atoms with Gasteiger partial charge in [-0.05, 0) is 26.0 Å². The first-order valence-corrected chi connectivity index (χ1v) is 5.97. The molecule has 0 aliphatic carbocycles. The van der Waals surface area contributed by atoms with E-state index in [1.54, 1.807) is 25.1 Å². The van der Waals surface area contributed by atoms with Gasteiger partial charge in [-0.25, -0.2) is 0 Å². The maximum atomic E-state index is 11.8. The summed E-state index contributed by atoms with van der Waals surface area (Å²) in [5.74, 6) is 1.06. The van der Waals surface area contributed by atoms with E-state index in [1.165, 1.54) is 0 Å². The van der Waals surface area contributed by atoms with Crippen molar-refractivity contribution in [1.29, 1.82) is 0 Å². The summed E-state index contributed by atoms with van der Waals surface area (Å²) in [6, 6.07) is 5.10. The lowest BCUT2D eigenvalue weighted by Crippen LogP contribution is -2.24. The first-order valence-electron chi connectivity index (χ1n) is 5.97. The van der Waals surface area contributed by atoms with Gasteiger partial charge in [0.15, 0.2) is 5.69 Å². The first kappa shape index (κ1) is 13.0. The number of carbonyl (C=O) groups is 1. The Morgan fingerprint density at radius 2 is 2.21 bits per heavy atom. The van der Waals surface area contributed by atoms with Crippen LogP contribution in [-0.4, -0.2) is 27.8 Å². The van der Waals surface area contributed by atoms with E-state index in [1.807, 2.05) is 6.92 Å². The SMILES string of the molecule is CCNc1ccc(C(=O)NCc2cc(C)on2)nn1. The summed E-state index contributed by atoms with van der Waals surface area (Å²) in [5, 5.41) is 17.2. The van der Waals surface area contributed by atoms with Crippen molar-refractivity contribution in [1.82, 2.24) is 20.7 Å². The molecule has 0 unspecified atom stereocenters. The molecular formula is C12H15N5O2. The van der Waals surface area contributed by atoms with E-state index in [0.717, 1.165) is 6.54 Å². The molecule has 2 aromatic rings. The Kier molecular flexibility index (Phi) is 4.07. The fourth-order valence-electron chi connectivity index (χ4n) is 1.49. The van der Waals surface area contributed by atoms with E-state index >= 15 is 0 Å². The number of nitrogens with zero attached hydrogens (tertiary/aromatic N) is 3. The molecule has 0 spiro atoms. The monoisotopic (exact) mass is 261 g/mol. The first-order chi connectivity index (χ1) is 9.19. The topological polar surface area (TPSA) is 92.9 Å². The van der Waals surface area contributed by atoms with Gasteiger partial charge < -0.3 is 15.2 Å². The van der Waals surface area contributed by atoms with Crippen molar-refractivity contribution < 1.29 is 9.32 Å². The highest BCUT2D eigenvalue weighted by Crippen LogP contribution is 2.03. The molecule has 2 rings (SSSR count). The summed E-state index contributed by atoms with van der Waals surface area (Å²) in [6.45, 7) is 4.81. The van der Waals surface area contributed by atoms with Gasteiger partial charge in [-0.2, -0.15) is 0 Å². The largest absolute Gasteiger partial charge is 0.369 e. The number of anilines is 1. The lowest BCUT2D eigenvalue weighted by molar-refractivity contribution is 0.0944. The van der Waals surface area contributed by atoms with Crippen LogP contribution in [0.3, 0.4) is 0 Å². The molecule has 2 N–H and O–H groups in total.